The second kappa shape index (κ2) is 3.89. The second-order valence-corrected chi connectivity index (χ2v) is 4.95. The molecule has 0 aromatic rings. The lowest BCUT2D eigenvalue weighted by molar-refractivity contribution is -0.131. The lowest BCUT2D eigenvalue weighted by Crippen LogP contribution is -2.41. The summed E-state index contributed by atoms with van der Waals surface area (Å²) >= 11 is 0. The minimum Gasteiger partial charge on any atom is -0.341 e. The molecule has 2 heterocycles. The molecule has 2 saturated heterocycles. The number of nitrogens with zero attached hydrogens (tertiary/aromatic N) is 1. The van der Waals surface area contributed by atoms with E-state index in [1.165, 1.54) is 0 Å². The summed E-state index contributed by atoms with van der Waals surface area (Å²) < 4.78 is 0. The Morgan fingerprint density at radius 3 is 3.00 bits per heavy atom. The quantitative estimate of drug-likeness (QED) is 0.710. The molecular formula is C11H20N2O. The molecule has 2 aliphatic rings. The zero-order chi connectivity index (χ0) is 10.1. The van der Waals surface area contributed by atoms with Gasteiger partial charge in [-0.05, 0) is 25.3 Å². The number of hydrogen-bond acceptors (Lipinski definition) is 2. The molecule has 2 unspecified atom stereocenters. The van der Waals surface area contributed by atoms with E-state index in [-0.39, 0.29) is 5.92 Å². The molecule has 80 valence electrons. The summed E-state index contributed by atoms with van der Waals surface area (Å²) in [6.45, 7) is 7.28. The molecule has 3 nitrogen and oxygen atoms in total. The average molecular weight is 196 g/mol. The molecule has 0 aromatic heterocycles. The smallest absolute Gasteiger partial charge is 0.227 e. The van der Waals surface area contributed by atoms with Gasteiger partial charge in [-0.2, -0.15) is 0 Å². The summed E-state index contributed by atoms with van der Waals surface area (Å²) in [6.07, 6.45) is 2.24. The number of carbonyl (C=O) groups is 1. The standard InChI is InChI=1S/C11H20N2O/c1-8(2)6-13-7-10-9(11(13)14)4-3-5-12-10/h8-10,12H,3-7H2,1-2H3. The molecule has 0 spiro atoms. The van der Waals surface area contributed by atoms with Gasteiger partial charge in [-0.3, -0.25) is 4.79 Å². The summed E-state index contributed by atoms with van der Waals surface area (Å²) in [6, 6.07) is 0.440. The molecule has 0 bridgehead atoms. The number of nitrogens with one attached hydrogen (secondary N) is 1. The third-order valence-corrected chi connectivity index (χ3v) is 3.22. The van der Waals surface area contributed by atoms with Gasteiger partial charge in [0.1, 0.15) is 0 Å². The molecule has 0 aliphatic carbocycles. The maximum Gasteiger partial charge on any atom is 0.227 e. The lowest BCUT2D eigenvalue weighted by atomic mass is 9.94. The molecule has 2 rings (SSSR count). The Hall–Kier alpha value is -0.570. The van der Waals surface area contributed by atoms with Crippen molar-refractivity contribution in [1.82, 2.24) is 10.2 Å². The van der Waals surface area contributed by atoms with Crippen molar-refractivity contribution in [2.24, 2.45) is 11.8 Å². The number of carbonyl (C=O) groups excluding carboxylic acids is 1. The van der Waals surface area contributed by atoms with Gasteiger partial charge in [0.15, 0.2) is 0 Å². The van der Waals surface area contributed by atoms with Crippen molar-refractivity contribution in [2.75, 3.05) is 19.6 Å². The van der Waals surface area contributed by atoms with Crippen molar-refractivity contribution >= 4 is 5.91 Å². The van der Waals surface area contributed by atoms with Crippen molar-refractivity contribution in [2.45, 2.75) is 32.7 Å². The van der Waals surface area contributed by atoms with Crippen LogP contribution in [0.2, 0.25) is 0 Å². The first kappa shape index (κ1) is 9.97. The molecule has 14 heavy (non-hydrogen) atoms. The first-order valence-electron chi connectivity index (χ1n) is 5.70. The lowest BCUT2D eigenvalue weighted by Gasteiger charge is -2.23. The van der Waals surface area contributed by atoms with Crippen LogP contribution in [0.3, 0.4) is 0 Å². The number of amides is 1. The maximum atomic E-state index is 12.0. The van der Waals surface area contributed by atoms with E-state index in [4.69, 9.17) is 0 Å². The number of likely N-dealkylation sites (tertiary alicyclic amines) is 1. The summed E-state index contributed by atoms with van der Waals surface area (Å²) in [5.41, 5.74) is 0. The van der Waals surface area contributed by atoms with Crippen LogP contribution in [0.5, 0.6) is 0 Å². The zero-order valence-electron chi connectivity index (χ0n) is 9.12. The Kier molecular flexibility index (Phi) is 2.77. The van der Waals surface area contributed by atoms with Crippen LogP contribution in [0.1, 0.15) is 26.7 Å². The first-order valence-corrected chi connectivity index (χ1v) is 5.70. The van der Waals surface area contributed by atoms with Crippen LogP contribution in [0.15, 0.2) is 0 Å². The predicted molar refractivity (Wildman–Crippen MR) is 55.9 cm³/mol. The molecule has 3 heteroatoms. The van der Waals surface area contributed by atoms with Crippen LogP contribution in [0.4, 0.5) is 0 Å². The predicted octanol–water partition coefficient (Wildman–Crippen LogP) is 0.853. The Bertz CT molecular complexity index is 227. The number of piperidine rings is 1. The van der Waals surface area contributed by atoms with Gasteiger partial charge in [0, 0.05) is 19.1 Å². The minimum absolute atomic E-state index is 0.280. The highest BCUT2D eigenvalue weighted by Crippen LogP contribution is 2.26. The van der Waals surface area contributed by atoms with Gasteiger partial charge in [-0.25, -0.2) is 0 Å². The van der Waals surface area contributed by atoms with Crippen LogP contribution >= 0.6 is 0 Å². The van der Waals surface area contributed by atoms with Crippen LogP contribution in [0, 0.1) is 11.8 Å². The van der Waals surface area contributed by atoms with E-state index >= 15 is 0 Å². The highest BCUT2D eigenvalue weighted by molar-refractivity contribution is 5.82. The number of hydrogen-bond donors (Lipinski definition) is 1. The summed E-state index contributed by atoms with van der Waals surface area (Å²) in [4.78, 5) is 14.0. The van der Waals surface area contributed by atoms with E-state index in [1.807, 2.05) is 4.90 Å². The fourth-order valence-electron chi connectivity index (χ4n) is 2.61. The Morgan fingerprint density at radius 2 is 2.36 bits per heavy atom. The van der Waals surface area contributed by atoms with E-state index in [0.29, 0.717) is 17.9 Å². The highest BCUT2D eigenvalue weighted by Gasteiger charge is 2.41. The fourth-order valence-corrected chi connectivity index (χ4v) is 2.61. The van der Waals surface area contributed by atoms with Crippen molar-refractivity contribution in [1.29, 1.82) is 0 Å². The zero-order valence-corrected chi connectivity index (χ0v) is 9.12. The highest BCUT2D eigenvalue weighted by atomic mass is 16.2. The second-order valence-electron chi connectivity index (χ2n) is 4.95. The van der Waals surface area contributed by atoms with E-state index in [2.05, 4.69) is 19.2 Å². The number of fused-ring (bicyclic) bond motifs is 1. The van der Waals surface area contributed by atoms with Gasteiger partial charge in [0.2, 0.25) is 5.91 Å². The van der Waals surface area contributed by atoms with Crippen molar-refractivity contribution in [3.63, 3.8) is 0 Å². The van der Waals surface area contributed by atoms with Gasteiger partial charge >= 0.3 is 0 Å². The van der Waals surface area contributed by atoms with Gasteiger partial charge in [-0.1, -0.05) is 13.8 Å². The van der Waals surface area contributed by atoms with Crippen molar-refractivity contribution in [3.05, 3.63) is 0 Å². The SMILES string of the molecule is CC(C)CN1CC2NCCCC2C1=O. The summed E-state index contributed by atoms with van der Waals surface area (Å²) in [5, 5.41) is 3.45. The van der Waals surface area contributed by atoms with Gasteiger partial charge < -0.3 is 10.2 Å². The Balaban J connectivity index is 1.99. The van der Waals surface area contributed by atoms with Gasteiger partial charge in [0.25, 0.3) is 0 Å². The van der Waals surface area contributed by atoms with E-state index < -0.39 is 0 Å². The molecule has 2 fully saturated rings. The molecule has 1 amide bonds. The van der Waals surface area contributed by atoms with E-state index in [0.717, 1.165) is 32.5 Å². The summed E-state index contributed by atoms with van der Waals surface area (Å²) in [5.74, 6) is 1.25. The molecule has 2 aliphatic heterocycles. The Labute approximate surface area is 85.8 Å². The van der Waals surface area contributed by atoms with Crippen LogP contribution in [-0.4, -0.2) is 36.5 Å². The monoisotopic (exact) mass is 196 g/mol. The molecule has 2 atom stereocenters. The summed E-state index contributed by atoms with van der Waals surface area (Å²) in [7, 11) is 0. The Morgan fingerprint density at radius 1 is 1.57 bits per heavy atom. The fraction of sp³-hybridized carbons (Fsp3) is 0.909. The molecule has 0 radical (unpaired) electrons. The van der Waals surface area contributed by atoms with Crippen molar-refractivity contribution < 1.29 is 4.79 Å². The molecular weight excluding hydrogens is 176 g/mol. The van der Waals surface area contributed by atoms with Gasteiger partial charge in [-0.15, -0.1) is 0 Å². The minimum atomic E-state index is 0.280. The molecule has 0 aromatic carbocycles. The molecule has 1 N–H and O–H groups in total. The maximum absolute atomic E-state index is 12.0. The topological polar surface area (TPSA) is 32.3 Å². The van der Waals surface area contributed by atoms with Crippen LogP contribution in [0.25, 0.3) is 0 Å². The normalized spacial score (nSPS) is 32.5. The van der Waals surface area contributed by atoms with Crippen LogP contribution < -0.4 is 5.32 Å². The third-order valence-electron chi connectivity index (χ3n) is 3.22. The molecule has 0 saturated carbocycles. The third kappa shape index (κ3) is 1.78. The van der Waals surface area contributed by atoms with Crippen molar-refractivity contribution in [3.8, 4) is 0 Å². The van der Waals surface area contributed by atoms with E-state index in [9.17, 15) is 4.79 Å². The van der Waals surface area contributed by atoms with Crippen LogP contribution in [-0.2, 0) is 4.79 Å². The largest absolute Gasteiger partial charge is 0.341 e. The first-order chi connectivity index (χ1) is 6.68. The van der Waals surface area contributed by atoms with E-state index in [1.54, 1.807) is 0 Å². The number of rotatable bonds is 2. The average Bonchev–Trinajstić information content (AvgIpc) is 2.44. The van der Waals surface area contributed by atoms with Gasteiger partial charge in [0.05, 0.1) is 5.92 Å².